The van der Waals surface area contributed by atoms with Gasteiger partial charge in [-0.25, -0.2) is 9.78 Å². The van der Waals surface area contributed by atoms with Crippen LogP contribution in [-0.4, -0.2) is 22.6 Å². The summed E-state index contributed by atoms with van der Waals surface area (Å²) in [5, 5.41) is 2.69. The number of alkyl carbamates (subject to hydrolysis) is 1. The SMILES string of the molecule is O=C(NCCC#Cc1ccc(-c2cnc[nH]2)cc1)OCc1ccccc1. The van der Waals surface area contributed by atoms with Gasteiger partial charge in [-0.15, -0.1) is 0 Å². The fourth-order valence-corrected chi connectivity index (χ4v) is 2.31. The summed E-state index contributed by atoms with van der Waals surface area (Å²) in [6.45, 7) is 0.716. The highest BCUT2D eigenvalue weighted by atomic mass is 16.5. The molecule has 0 aliphatic rings. The largest absolute Gasteiger partial charge is 0.445 e. The van der Waals surface area contributed by atoms with Gasteiger partial charge < -0.3 is 15.0 Å². The van der Waals surface area contributed by atoms with Crippen LogP contribution in [0.3, 0.4) is 0 Å². The van der Waals surface area contributed by atoms with E-state index >= 15 is 0 Å². The van der Waals surface area contributed by atoms with Crippen LogP contribution in [-0.2, 0) is 11.3 Å². The van der Waals surface area contributed by atoms with Gasteiger partial charge in [0.1, 0.15) is 6.61 Å². The normalized spacial score (nSPS) is 9.85. The maximum Gasteiger partial charge on any atom is 0.407 e. The van der Waals surface area contributed by atoms with Crippen LogP contribution in [0.25, 0.3) is 11.3 Å². The molecule has 0 atom stereocenters. The van der Waals surface area contributed by atoms with Crippen molar-refractivity contribution in [2.24, 2.45) is 0 Å². The maximum absolute atomic E-state index is 11.6. The van der Waals surface area contributed by atoms with E-state index in [0.29, 0.717) is 13.0 Å². The molecule has 1 aromatic heterocycles. The monoisotopic (exact) mass is 345 g/mol. The summed E-state index contributed by atoms with van der Waals surface area (Å²) in [5.74, 6) is 6.13. The molecule has 1 heterocycles. The summed E-state index contributed by atoms with van der Waals surface area (Å²) in [7, 11) is 0. The minimum atomic E-state index is -0.431. The van der Waals surface area contributed by atoms with E-state index in [2.05, 4.69) is 27.1 Å². The Kier molecular flexibility index (Phi) is 6.05. The van der Waals surface area contributed by atoms with Gasteiger partial charge in [-0.1, -0.05) is 54.3 Å². The van der Waals surface area contributed by atoms with Crippen molar-refractivity contribution < 1.29 is 9.53 Å². The number of aromatic nitrogens is 2. The van der Waals surface area contributed by atoms with Crippen LogP contribution >= 0.6 is 0 Å². The third kappa shape index (κ3) is 5.25. The smallest absolute Gasteiger partial charge is 0.407 e. The zero-order chi connectivity index (χ0) is 18.0. The number of aromatic amines is 1. The average Bonchev–Trinajstić information content (AvgIpc) is 3.22. The maximum atomic E-state index is 11.6. The molecule has 26 heavy (non-hydrogen) atoms. The zero-order valence-corrected chi connectivity index (χ0v) is 14.2. The number of benzene rings is 2. The third-order valence-electron chi connectivity index (χ3n) is 3.66. The van der Waals surface area contributed by atoms with Crippen molar-refractivity contribution in [3.63, 3.8) is 0 Å². The van der Waals surface area contributed by atoms with Crippen LogP contribution in [0.4, 0.5) is 4.79 Å². The lowest BCUT2D eigenvalue weighted by Gasteiger charge is -2.05. The molecular weight excluding hydrogens is 326 g/mol. The Hall–Kier alpha value is -3.52. The Morgan fingerprint density at radius 3 is 2.65 bits per heavy atom. The van der Waals surface area contributed by atoms with Gasteiger partial charge >= 0.3 is 6.09 Å². The van der Waals surface area contributed by atoms with Gasteiger partial charge in [0, 0.05) is 18.5 Å². The van der Waals surface area contributed by atoms with Gasteiger partial charge in [0.25, 0.3) is 0 Å². The third-order valence-corrected chi connectivity index (χ3v) is 3.66. The Morgan fingerprint density at radius 2 is 1.92 bits per heavy atom. The second kappa shape index (κ2) is 9.09. The number of imidazole rings is 1. The summed E-state index contributed by atoms with van der Waals surface area (Å²) >= 11 is 0. The van der Waals surface area contributed by atoms with E-state index < -0.39 is 6.09 Å². The van der Waals surface area contributed by atoms with Gasteiger partial charge in [0.05, 0.1) is 18.2 Å². The number of hydrogen-bond donors (Lipinski definition) is 2. The lowest BCUT2D eigenvalue weighted by atomic mass is 10.1. The predicted molar refractivity (Wildman–Crippen MR) is 100 cm³/mol. The molecule has 2 N–H and O–H groups in total. The average molecular weight is 345 g/mol. The highest BCUT2D eigenvalue weighted by molar-refractivity contribution is 5.67. The zero-order valence-electron chi connectivity index (χ0n) is 14.2. The van der Waals surface area contributed by atoms with Crippen molar-refractivity contribution in [1.82, 2.24) is 15.3 Å². The molecule has 0 spiro atoms. The van der Waals surface area contributed by atoms with Gasteiger partial charge in [-0.2, -0.15) is 0 Å². The molecule has 3 rings (SSSR count). The lowest BCUT2D eigenvalue weighted by Crippen LogP contribution is -2.24. The summed E-state index contributed by atoms with van der Waals surface area (Å²) in [6, 6.07) is 17.5. The Labute approximate surface area is 152 Å². The van der Waals surface area contributed by atoms with E-state index in [-0.39, 0.29) is 6.61 Å². The second-order valence-electron chi connectivity index (χ2n) is 5.58. The molecule has 1 amide bonds. The van der Waals surface area contributed by atoms with Crippen LogP contribution in [0, 0.1) is 11.8 Å². The molecule has 0 saturated heterocycles. The Morgan fingerprint density at radius 1 is 1.12 bits per heavy atom. The molecule has 0 unspecified atom stereocenters. The van der Waals surface area contributed by atoms with E-state index in [9.17, 15) is 4.79 Å². The van der Waals surface area contributed by atoms with E-state index in [1.165, 1.54) is 0 Å². The Bertz CT molecular complexity index is 877. The minimum Gasteiger partial charge on any atom is -0.445 e. The second-order valence-corrected chi connectivity index (χ2v) is 5.58. The van der Waals surface area contributed by atoms with E-state index in [1.54, 1.807) is 12.5 Å². The highest BCUT2D eigenvalue weighted by Crippen LogP contribution is 2.15. The van der Waals surface area contributed by atoms with E-state index in [4.69, 9.17) is 4.74 Å². The van der Waals surface area contributed by atoms with Crippen molar-refractivity contribution >= 4 is 6.09 Å². The topological polar surface area (TPSA) is 67.0 Å². The van der Waals surface area contributed by atoms with Crippen molar-refractivity contribution in [3.05, 3.63) is 78.2 Å². The fraction of sp³-hybridized carbons (Fsp3) is 0.143. The predicted octanol–water partition coefficient (Wildman–Crippen LogP) is 3.74. The van der Waals surface area contributed by atoms with Gasteiger partial charge in [-0.3, -0.25) is 0 Å². The van der Waals surface area contributed by atoms with Gasteiger partial charge in [0.15, 0.2) is 0 Å². The summed E-state index contributed by atoms with van der Waals surface area (Å²) in [4.78, 5) is 18.7. The van der Waals surface area contributed by atoms with Crippen molar-refractivity contribution in [1.29, 1.82) is 0 Å². The molecule has 130 valence electrons. The van der Waals surface area contributed by atoms with Crippen LogP contribution in [0.1, 0.15) is 17.5 Å². The first-order valence-electron chi connectivity index (χ1n) is 8.33. The number of rotatable bonds is 5. The minimum absolute atomic E-state index is 0.265. The van der Waals surface area contributed by atoms with Crippen LogP contribution in [0.2, 0.25) is 0 Å². The molecule has 0 aliphatic heterocycles. The fourth-order valence-electron chi connectivity index (χ4n) is 2.31. The first-order valence-corrected chi connectivity index (χ1v) is 8.33. The lowest BCUT2D eigenvalue weighted by molar-refractivity contribution is 0.140. The van der Waals surface area contributed by atoms with E-state index in [0.717, 1.165) is 22.4 Å². The van der Waals surface area contributed by atoms with Crippen molar-refractivity contribution in [3.8, 4) is 23.1 Å². The molecule has 0 saturated carbocycles. The summed E-state index contributed by atoms with van der Waals surface area (Å²) < 4.78 is 5.14. The first kappa shape index (κ1) is 17.3. The number of ether oxygens (including phenoxy) is 1. The number of carbonyl (C=O) groups excluding carboxylic acids is 1. The number of H-pyrrole nitrogens is 1. The molecule has 5 heteroatoms. The number of carbonyl (C=O) groups is 1. The molecule has 0 bridgehead atoms. The molecule has 3 aromatic rings. The van der Waals surface area contributed by atoms with Crippen LogP contribution < -0.4 is 5.32 Å². The summed E-state index contributed by atoms with van der Waals surface area (Å²) in [6.07, 6.45) is 3.56. The standard InChI is InChI=1S/C21H19N3O2/c25-21(26-15-18-7-2-1-3-8-18)23-13-5-4-6-17-9-11-19(12-10-17)20-14-22-16-24-20/h1-3,7-12,14,16H,5,13,15H2,(H,22,24)(H,23,25). The first-order chi connectivity index (χ1) is 12.8. The van der Waals surface area contributed by atoms with Gasteiger partial charge in [0.2, 0.25) is 0 Å². The number of nitrogens with one attached hydrogen (secondary N) is 2. The molecule has 2 aromatic carbocycles. The summed E-state index contributed by atoms with van der Waals surface area (Å²) in [5.41, 5.74) is 3.93. The van der Waals surface area contributed by atoms with E-state index in [1.807, 2.05) is 54.6 Å². The molecule has 0 aliphatic carbocycles. The highest BCUT2D eigenvalue weighted by Gasteiger charge is 2.01. The molecule has 5 nitrogen and oxygen atoms in total. The number of hydrogen-bond acceptors (Lipinski definition) is 3. The van der Waals surface area contributed by atoms with Crippen LogP contribution in [0.5, 0.6) is 0 Å². The Balaban J connectivity index is 1.38. The molecular formula is C21H19N3O2. The van der Waals surface area contributed by atoms with Crippen LogP contribution in [0.15, 0.2) is 67.1 Å². The number of nitrogens with zero attached hydrogens (tertiary/aromatic N) is 1. The quantitative estimate of drug-likeness (QED) is 0.547. The molecule has 0 radical (unpaired) electrons. The molecule has 0 fully saturated rings. The van der Waals surface area contributed by atoms with Crippen molar-refractivity contribution in [2.75, 3.05) is 6.54 Å². The van der Waals surface area contributed by atoms with Gasteiger partial charge in [-0.05, 0) is 23.3 Å². The van der Waals surface area contributed by atoms with Crippen molar-refractivity contribution in [2.45, 2.75) is 13.0 Å². The number of amides is 1.